The number of amides is 2. The zero-order valence-electron chi connectivity index (χ0n) is 13.0. The van der Waals surface area contributed by atoms with Crippen molar-refractivity contribution >= 4 is 22.7 Å². The number of carbonyl (C=O) groups is 2. The fourth-order valence-electron chi connectivity index (χ4n) is 3.29. The molecule has 23 heavy (non-hydrogen) atoms. The van der Waals surface area contributed by atoms with Crippen molar-refractivity contribution in [1.82, 2.24) is 15.2 Å². The number of fused-ring (bicyclic) bond motifs is 1. The molecule has 2 amide bonds. The van der Waals surface area contributed by atoms with Gasteiger partial charge in [0.2, 0.25) is 5.91 Å². The molecule has 1 aromatic heterocycles. The third kappa shape index (κ3) is 2.96. The number of piperidine rings is 1. The third-order valence-electron chi connectivity index (χ3n) is 4.80. The molecule has 2 aliphatic rings. The van der Waals surface area contributed by atoms with Crippen LogP contribution in [0.1, 0.15) is 36.0 Å². The van der Waals surface area contributed by atoms with Crippen LogP contribution in [0.3, 0.4) is 0 Å². The van der Waals surface area contributed by atoms with Gasteiger partial charge in [0.05, 0.1) is 5.92 Å². The van der Waals surface area contributed by atoms with E-state index in [4.69, 9.17) is 0 Å². The largest absolute Gasteiger partial charge is 0.361 e. The Morgan fingerprint density at radius 1 is 1.17 bits per heavy atom. The van der Waals surface area contributed by atoms with E-state index in [1.165, 1.54) is 0 Å². The molecule has 0 bridgehead atoms. The first kappa shape index (κ1) is 14.3. The van der Waals surface area contributed by atoms with Gasteiger partial charge in [-0.3, -0.25) is 9.59 Å². The molecule has 2 N–H and O–H groups in total. The van der Waals surface area contributed by atoms with E-state index in [1.807, 2.05) is 35.4 Å². The Balaban J connectivity index is 1.47. The lowest BCUT2D eigenvalue weighted by atomic mass is 9.96. The molecule has 1 saturated heterocycles. The molecule has 120 valence electrons. The van der Waals surface area contributed by atoms with E-state index < -0.39 is 0 Å². The maximum atomic E-state index is 12.8. The molecule has 1 aliphatic carbocycles. The highest BCUT2D eigenvalue weighted by atomic mass is 16.2. The van der Waals surface area contributed by atoms with Crippen molar-refractivity contribution in [2.24, 2.45) is 5.92 Å². The molecule has 2 aromatic rings. The second-order valence-corrected chi connectivity index (χ2v) is 6.65. The average molecular weight is 311 g/mol. The smallest absolute Gasteiger partial charge is 0.253 e. The van der Waals surface area contributed by atoms with Gasteiger partial charge >= 0.3 is 0 Å². The molecule has 4 rings (SSSR count). The van der Waals surface area contributed by atoms with E-state index in [-0.39, 0.29) is 17.7 Å². The van der Waals surface area contributed by atoms with Crippen LogP contribution in [0, 0.1) is 5.92 Å². The summed E-state index contributed by atoms with van der Waals surface area (Å²) in [5.74, 6) is 0.0763. The van der Waals surface area contributed by atoms with E-state index in [0.717, 1.165) is 43.1 Å². The van der Waals surface area contributed by atoms with E-state index in [0.29, 0.717) is 18.2 Å². The molecule has 0 unspecified atom stereocenters. The van der Waals surface area contributed by atoms with Crippen LogP contribution in [0.25, 0.3) is 10.9 Å². The van der Waals surface area contributed by atoms with Crippen LogP contribution in [0.15, 0.2) is 30.5 Å². The second-order valence-electron chi connectivity index (χ2n) is 6.65. The maximum absolute atomic E-state index is 12.8. The minimum Gasteiger partial charge on any atom is -0.361 e. The molecule has 5 nitrogen and oxygen atoms in total. The number of nitrogens with one attached hydrogen (secondary N) is 2. The van der Waals surface area contributed by atoms with Gasteiger partial charge in [-0.1, -0.05) is 0 Å². The van der Waals surface area contributed by atoms with Crippen molar-refractivity contribution < 1.29 is 9.59 Å². The summed E-state index contributed by atoms with van der Waals surface area (Å²) >= 11 is 0. The lowest BCUT2D eigenvalue weighted by molar-refractivity contribution is -0.126. The zero-order chi connectivity index (χ0) is 15.8. The van der Waals surface area contributed by atoms with Crippen molar-refractivity contribution in [3.05, 3.63) is 36.0 Å². The molecule has 0 radical (unpaired) electrons. The van der Waals surface area contributed by atoms with E-state index in [1.54, 1.807) is 0 Å². The number of hydrogen-bond acceptors (Lipinski definition) is 2. The molecular formula is C18H21N3O2. The quantitative estimate of drug-likeness (QED) is 0.913. The summed E-state index contributed by atoms with van der Waals surface area (Å²) in [4.78, 5) is 30.0. The van der Waals surface area contributed by atoms with Crippen LogP contribution in [-0.4, -0.2) is 40.8 Å². The minimum atomic E-state index is -0.0655. The normalized spacial score (nSPS) is 21.4. The van der Waals surface area contributed by atoms with Gasteiger partial charge in [-0.2, -0.15) is 0 Å². The lowest BCUT2D eigenvalue weighted by Crippen LogP contribution is -2.45. The van der Waals surface area contributed by atoms with Gasteiger partial charge in [0.1, 0.15) is 0 Å². The van der Waals surface area contributed by atoms with Gasteiger partial charge in [-0.05, 0) is 49.9 Å². The van der Waals surface area contributed by atoms with Gasteiger partial charge in [-0.15, -0.1) is 0 Å². The summed E-state index contributed by atoms with van der Waals surface area (Å²) in [6.45, 7) is 1.26. The summed E-state index contributed by atoms with van der Waals surface area (Å²) in [6, 6.07) is 8.05. The summed E-state index contributed by atoms with van der Waals surface area (Å²) in [5.41, 5.74) is 1.72. The number of aromatic nitrogens is 1. The highest BCUT2D eigenvalue weighted by Gasteiger charge is 2.32. The topological polar surface area (TPSA) is 65.2 Å². The number of nitrogens with zero attached hydrogens (tertiary/aromatic N) is 1. The number of benzene rings is 1. The van der Waals surface area contributed by atoms with Crippen LogP contribution in [0.2, 0.25) is 0 Å². The fraction of sp³-hybridized carbons (Fsp3) is 0.444. The Bertz CT molecular complexity index is 748. The molecular weight excluding hydrogens is 290 g/mol. The molecule has 1 saturated carbocycles. The second kappa shape index (κ2) is 5.72. The van der Waals surface area contributed by atoms with Crippen LogP contribution in [0.5, 0.6) is 0 Å². The molecule has 1 atom stereocenters. The molecule has 0 spiro atoms. The predicted molar refractivity (Wildman–Crippen MR) is 88.1 cm³/mol. The maximum Gasteiger partial charge on any atom is 0.253 e. The molecule has 1 aliphatic heterocycles. The van der Waals surface area contributed by atoms with Crippen LogP contribution in [0.4, 0.5) is 0 Å². The van der Waals surface area contributed by atoms with Gasteiger partial charge < -0.3 is 15.2 Å². The van der Waals surface area contributed by atoms with Gasteiger partial charge in [-0.25, -0.2) is 0 Å². The van der Waals surface area contributed by atoms with Crippen LogP contribution >= 0.6 is 0 Å². The standard InChI is InChI=1S/C18H21N3O2/c22-17(20-15-4-5-15)14-2-1-9-21(11-14)18(23)13-3-6-16-12(10-13)7-8-19-16/h3,6-8,10,14-15,19H,1-2,4-5,9,11H2,(H,20,22)/t14-/m1/s1. The van der Waals surface area contributed by atoms with Crippen LogP contribution in [-0.2, 0) is 4.79 Å². The summed E-state index contributed by atoms with van der Waals surface area (Å²) < 4.78 is 0. The van der Waals surface area contributed by atoms with Crippen molar-refractivity contribution in [1.29, 1.82) is 0 Å². The number of hydrogen-bond donors (Lipinski definition) is 2. The number of likely N-dealkylation sites (tertiary alicyclic amines) is 1. The highest BCUT2D eigenvalue weighted by Crippen LogP contribution is 2.23. The summed E-state index contributed by atoms with van der Waals surface area (Å²) in [5, 5.41) is 4.10. The van der Waals surface area contributed by atoms with E-state index in [9.17, 15) is 9.59 Å². The highest BCUT2D eigenvalue weighted by molar-refractivity contribution is 5.98. The first-order valence-electron chi connectivity index (χ1n) is 8.37. The Hall–Kier alpha value is -2.30. The SMILES string of the molecule is O=C(NC1CC1)[C@@H]1CCCN(C(=O)c2ccc3[nH]ccc3c2)C1. The minimum absolute atomic E-state index is 0.0250. The lowest BCUT2D eigenvalue weighted by Gasteiger charge is -2.32. The Morgan fingerprint density at radius 2 is 2.04 bits per heavy atom. The van der Waals surface area contributed by atoms with Crippen molar-refractivity contribution in [2.75, 3.05) is 13.1 Å². The number of H-pyrrole nitrogens is 1. The van der Waals surface area contributed by atoms with Crippen molar-refractivity contribution in [3.63, 3.8) is 0 Å². The first-order valence-corrected chi connectivity index (χ1v) is 8.37. The van der Waals surface area contributed by atoms with E-state index >= 15 is 0 Å². The Morgan fingerprint density at radius 3 is 2.87 bits per heavy atom. The molecule has 1 aromatic carbocycles. The van der Waals surface area contributed by atoms with Gasteiger partial charge in [0.25, 0.3) is 5.91 Å². The zero-order valence-corrected chi connectivity index (χ0v) is 13.0. The summed E-state index contributed by atoms with van der Waals surface area (Å²) in [6.07, 6.45) is 5.83. The predicted octanol–water partition coefficient (Wildman–Crippen LogP) is 2.30. The molecule has 2 heterocycles. The van der Waals surface area contributed by atoms with Crippen molar-refractivity contribution in [3.8, 4) is 0 Å². The Kier molecular flexibility index (Phi) is 3.56. The first-order chi connectivity index (χ1) is 11.2. The van der Waals surface area contributed by atoms with Gasteiger partial charge in [0, 0.05) is 41.8 Å². The molecule has 5 heteroatoms. The third-order valence-corrected chi connectivity index (χ3v) is 4.80. The van der Waals surface area contributed by atoms with Gasteiger partial charge in [0.15, 0.2) is 0 Å². The fourth-order valence-corrected chi connectivity index (χ4v) is 3.29. The van der Waals surface area contributed by atoms with E-state index in [2.05, 4.69) is 10.3 Å². The summed E-state index contributed by atoms with van der Waals surface area (Å²) in [7, 11) is 0. The number of aromatic amines is 1. The average Bonchev–Trinajstić information content (AvgIpc) is 3.27. The Labute approximate surface area is 135 Å². The van der Waals surface area contributed by atoms with Crippen LogP contribution < -0.4 is 5.32 Å². The number of rotatable bonds is 3. The van der Waals surface area contributed by atoms with Crippen molar-refractivity contribution in [2.45, 2.75) is 31.7 Å². The number of carbonyl (C=O) groups excluding carboxylic acids is 2. The monoisotopic (exact) mass is 311 g/mol. The molecule has 2 fully saturated rings.